The molecule has 0 fully saturated rings. The van der Waals surface area contributed by atoms with Crippen LogP contribution in [-0.2, 0) is 11.3 Å². The van der Waals surface area contributed by atoms with E-state index >= 15 is 0 Å². The average Bonchev–Trinajstić information content (AvgIpc) is 2.17. The van der Waals surface area contributed by atoms with Gasteiger partial charge in [-0.1, -0.05) is 22.0 Å². The van der Waals surface area contributed by atoms with Crippen LogP contribution in [0.5, 0.6) is 0 Å². The third-order valence-electron chi connectivity index (χ3n) is 2.13. The van der Waals surface area contributed by atoms with Gasteiger partial charge in [0.25, 0.3) is 0 Å². The summed E-state index contributed by atoms with van der Waals surface area (Å²) in [4.78, 5) is 11.5. The largest absolute Gasteiger partial charge is 0.444 e. The lowest BCUT2D eigenvalue weighted by Crippen LogP contribution is -2.32. The molecule has 94 valence electrons. The van der Waals surface area contributed by atoms with E-state index < -0.39 is 11.7 Å². The summed E-state index contributed by atoms with van der Waals surface area (Å²) >= 11 is 3.41. The molecular formula is C13H18BrNO2. The molecule has 1 N–H and O–H groups in total. The Bertz CT molecular complexity index is 410. The molecular weight excluding hydrogens is 282 g/mol. The third-order valence-corrected chi connectivity index (χ3v) is 2.63. The fourth-order valence-electron chi connectivity index (χ4n) is 1.31. The van der Waals surface area contributed by atoms with Crippen molar-refractivity contribution in [3.63, 3.8) is 0 Å². The summed E-state index contributed by atoms with van der Waals surface area (Å²) in [6.45, 7) is 8.02. The Balaban J connectivity index is 2.56. The molecule has 0 radical (unpaired) electrons. The van der Waals surface area contributed by atoms with E-state index in [1.165, 1.54) is 0 Å². The number of amides is 1. The van der Waals surface area contributed by atoms with Crippen LogP contribution in [0.3, 0.4) is 0 Å². The molecule has 1 aromatic carbocycles. The van der Waals surface area contributed by atoms with Gasteiger partial charge in [-0.05, 0) is 51.0 Å². The Hall–Kier alpha value is -1.03. The van der Waals surface area contributed by atoms with E-state index in [0.717, 1.165) is 15.6 Å². The lowest BCUT2D eigenvalue weighted by atomic mass is 10.1. The number of hydrogen-bond acceptors (Lipinski definition) is 2. The van der Waals surface area contributed by atoms with Crippen molar-refractivity contribution in [3.8, 4) is 0 Å². The van der Waals surface area contributed by atoms with Crippen molar-refractivity contribution in [2.45, 2.75) is 39.8 Å². The number of rotatable bonds is 2. The number of nitrogens with one attached hydrogen (secondary N) is 1. The number of ether oxygens (including phenoxy) is 1. The molecule has 0 aliphatic rings. The van der Waals surface area contributed by atoms with Gasteiger partial charge in [0.15, 0.2) is 0 Å². The Morgan fingerprint density at radius 3 is 2.65 bits per heavy atom. The van der Waals surface area contributed by atoms with Crippen LogP contribution in [0, 0.1) is 6.92 Å². The number of aryl methyl sites for hydroxylation is 1. The van der Waals surface area contributed by atoms with Crippen LogP contribution in [0.2, 0.25) is 0 Å². The number of carbonyl (C=O) groups is 1. The van der Waals surface area contributed by atoms with E-state index in [-0.39, 0.29) is 0 Å². The topological polar surface area (TPSA) is 38.3 Å². The molecule has 0 saturated carbocycles. The van der Waals surface area contributed by atoms with Gasteiger partial charge in [-0.2, -0.15) is 0 Å². The molecule has 0 aliphatic carbocycles. The second kappa shape index (κ2) is 5.54. The maximum absolute atomic E-state index is 11.5. The van der Waals surface area contributed by atoms with Gasteiger partial charge in [0, 0.05) is 11.0 Å². The first-order chi connectivity index (χ1) is 7.78. The second-order valence-corrected chi connectivity index (χ2v) is 5.84. The van der Waals surface area contributed by atoms with Crippen LogP contribution in [-0.4, -0.2) is 11.7 Å². The number of alkyl carbamates (subject to hydrolysis) is 1. The molecule has 0 aliphatic heterocycles. The van der Waals surface area contributed by atoms with Gasteiger partial charge in [-0.25, -0.2) is 4.79 Å². The van der Waals surface area contributed by atoms with Crippen molar-refractivity contribution in [1.82, 2.24) is 5.32 Å². The molecule has 1 aromatic rings. The maximum atomic E-state index is 11.5. The van der Waals surface area contributed by atoms with Gasteiger partial charge >= 0.3 is 6.09 Å². The first-order valence-electron chi connectivity index (χ1n) is 5.50. The summed E-state index contributed by atoms with van der Waals surface area (Å²) < 4.78 is 6.17. The average molecular weight is 300 g/mol. The van der Waals surface area contributed by atoms with Crippen molar-refractivity contribution >= 4 is 22.0 Å². The molecule has 0 saturated heterocycles. The highest BCUT2D eigenvalue weighted by atomic mass is 79.9. The van der Waals surface area contributed by atoms with E-state index in [1.54, 1.807) is 0 Å². The highest BCUT2D eigenvalue weighted by molar-refractivity contribution is 9.10. The molecule has 0 aromatic heterocycles. The van der Waals surface area contributed by atoms with Crippen LogP contribution in [0.4, 0.5) is 4.79 Å². The summed E-state index contributed by atoms with van der Waals surface area (Å²) in [7, 11) is 0. The molecule has 0 heterocycles. The smallest absolute Gasteiger partial charge is 0.407 e. The summed E-state index contributed by atoms with van der Waals surface area (Å²) in [5, 5.41) is 2.74. The van der Waals surface area contributed by atoms with Crippen molar-refractivity contribution in [3.05, 3.63) is 33.8 Å². The zero-order valence-electron chi connectivity index (χ0n) is 10.6. The summed E-state index contributed by atoms with van der Waals surface area (Å²) in [6.07, 6.45) is -0.392. The van der Waals surface area contributed by atoms with Gasteiger partial charge < -0.3 is 10.1 Å². The lowest BCUT2D eigenvalue weighted by molar-refractivity contribution is 0.0523. The predicted molar refractivity (Wildman–Crippen MR) is 72.0 cm³/mol. The minimum absolute atomic E-state index is 0.392. The fraction of sp³-hybridized carbons (Fsp3) is 0.462. The third kappa shape index (κ3) is 5.22. The van der Waals surface area contributed by atoms with Gasteiger partial charge in [-0.15, -0.1) is 0 Å². The van der Waals surface area contributed by atoms with Crippen molar-refractivity contribution in [2.24, 2.45) is 0 Å². The van der Waals surface area contributed by atoms with Crippen LogP contribution in [0.1, 0.15) is 31.9 Å². The zero-order chi connectivity index (χ0) is 13.1. The Kier molecular flexibility index (Phi) is 4.57. The number of halogens is 1. The Morgan fingerprint density at radius 2 is 2.06 bits per heavy atom. The molecule has 1 rings (SSSR count). The zero-order valence-corrected chi connectivity index (χ0v) is 12.2. The molecule has 4 heteroatoms. The summed E-state index contributed by atoms with van der Waals surface area (Å²) in [6, 6.07) is 5.98. The van der Waals surface area contributed by atoms with Gasteiger partial charge in [0.1, 0.15) is 5.60 Å². The SMILES string of the molecule is Cc1ccc(Br)cc1CNC(=O)OC(C)(C)C. The molecule has 0 atom stereocenters. The highest BCUT2D eigenvalue weighted by Gasteiger charge is 2.15. The first-order valence-corrected chi connectivity index (χ1v) is 6.29. The van der Waals surface area contributed by atoms with Crippen LogP contribution < -0.4 is 5.32 Å². The molecule has 3 nitrogen and oxygen atoms in total. The summed E-state index contributed by atoms with van der Waals surface area (Å²) in [5.74, 6) is 0. The number of benzene rings is 1. The first kappa shape index (κ1) is 14.0. The maximum Gasteiger partial charge on any atom is 0.407 e. The Morgan fingerprint density at radius 1 is 1.41 bits per heavy atom. The molecule has 0 bridgehead atoms. The van der Waals surface area contributed by atoms with Crippen LogP contribution in [0.25, 0.3) is 0 Å². The van der Waals surface area contributed by atoms with Crippen molar-refractivity contribution in [2.75, 3.05) is 0 Å². The molecule has 1 amide bonds. The van der Waals surface area contributed by atoms with Crippen LogP contribution in [0.15, 0.2) is 22.7 Å². The lowest BCUT2D eigenvalue weighted by Gasteiger charge is -2.20. The Labute approximate surface area is 111 Å². The quantitative estimate of drug-likeness (QED) is 0.902. The van der Waals surface area contributed by atoms with Gasteiger partial charge in [0.05, 0.1) is 0 Å². The van der Waals surface area contributed by atoms with Crippen LogP contribution >= 0.6 is 15.9 Å². The van der Waals surface area contributed by atoms with Gasteiger partial charge in [0.2, 0.25) is 0 Å². The molecule has 0 spiro atoms. The minimum Gasteiger partial charge on any atom is -0.444 e. The van der Waals surface area contributed by atoms with Crippen molar-refractivity contribution in [1.29, 1.82) is 0 Å². The van der Waals surface area contributed by atoms with E-state index in [2.05, 4.69) is 21.2 Å². The highest BCUT2D eigenvalue weighted by Crippen LogP contribution is 2.16. The monoisotopic (exact) mass is 299 g/mol. The number of hydrogen-bond donors (Lipinski definition) is 1. The number of carbonyl (C=O) groups excluding carboxylic acids is 1. The van der Waals surface area contributed by atoms with E-state index in [9.17, 15) is 4.79 Å². The summed E-state index contributed by atoms with van der Waals surface area (Å²) in [5.41, 5.74) is 1.76. The second-order valence-electron chi connectivity index (χ2n) is 4.93. The van der Waals surface area contributed by atoms with Gasteiger partial charge in [-0.3, -0.25) is 0 Å². The van der Waals surface area contributed by atoms with E-state index in [0.29, 0.717) is 6.54 Å². The normalized spacial score (nSPS) is 11.1. The molecule has 0 unspecified atom stereocenters. The standard InChI is InChI=1S/C13H18BrNO2/c1-9-5-6-11(14)7-10(9)8-15-12(16)17-13(2,3)4/h5-7H,8H2,1-4H3,(H,15,16). The predicted octanol–water partition coefficient (Wildman–Crippen LogP) is 3.78. The van der Waals surface area contributed by atoms with Crippen molar-refractivity contribution < 1.29 is 9.53 Å². The van der Waals surface area contributed by atoms with E-state index in [4.69, 9.17) is 4.74 Å². The minimum atomic E-state index is -0.462. The fourth-order valence-corrected chi connectivity index (χ4v) is 1.72. The molecule has 17 heavy (non-hydrogen) atoms. The van der Waals surface area contributed by atoms with E-state index in [1.807, 2.05) is 45.9 Å².